The number of methoxy groups -OCH3 is 1. The second kappa shape index (κ2) is 14.0. The van der Waals surface area contributed by atoms with Crippen LogP contribution in [-0.4, -0.2) is 48.0 Å². The monoisotopic (exact) mass is 659 g/mol. The Morgan fingerprint density at radius 3 is 2.48 bits per heavy atom. The van der Waals surface area contributed by atoms with E-state index in [1.165, 1.54) is 29.3 Å². The standard InChI is InChI=1S/C29H31FIN5O4/c1-39-26-4-2-3-20(16-26)15-21-17-27(36(18-21)28(37)19-35(32)14-13-33-31)29(38)34-23-7-11-25(12-8-23)40-24-9-5-22(30)6-10-24/h2-14,16,21,27,33H,15,17-19,32H2,1H3,(H,34,38)/b14-13-/t21-,27+/m1/s1. The fraction of sp³-hybridized carbons (Fsp3) is 0.241. The summed E-state index contributed by atoms with van der Waals surface area (Å²) in [5.74, 6) is 6.97. The predicted octanol–water partition coefficient (Wildman–Crippen LogP) is 4.61. The van der Waals surface area contributed by atoms with E-state index in [1.54, 1.807) is 48.7 Å². The van der Waals surface area contributed by atoms with Crippen molar-refractivity contribution >= 4 is 40.4 Å². The molecule has 210 valence electrons. The number of nitrogens with two attached hydrogens (primary N) is 1. The molecule has 40 heavy (non-hydrogen) atoms. The molecular formula is C29H31FIN5O4. The fourth-order valence-corrected chi connectivity index (χ4v) is 4.78. The Bertz CT molecular complexity index is 1320. The highest BCUT2D eigenvalue weighted by Crippen LogP contribution is 2.29. The number of amides is 2. The molecule has 1 fully saturated rings. The molecule has 0 saturated carbocycles. The van der Waals surface area contributed by atoms with Crippen LogP contribution in [0.15, 0.2) is 85.2 Å². The molecule has 1 heterocycles. The molecule has 4 rings (SSSR count). The van der Waals surface area contributed by atoms with Crippen molar-refractivity contribution in [2.24, 2.45) is 11.8 Å². The molecule has 0 spiro atoms. The number of halogens is 2. The van der Waals surface area contributed by atoms with Gasteiger partial charge in [0.15, 0.2) is 0 Å². The number of hydrazine groups is 1. The van der Waals surface area contributed by atoms with Gasteiger partial charge in [0.25, 0.3) is 0 Å². The smallest absolute Gasteiger partial charge is 0.247 e. The maximum Gasteiger partial charge on any atom is 0.247 e. The van der Waals surface area contributed by atoms with Gasteiger partial charge in [-0.3, -0.25) is 9.59 Å². The molecule has 3 aromatic rings. The van der Waals surface area contributed by atoms with Gasteiger partial charge in [-0.2, -0.15) is 0 Å². The molecule has 1 aliphatic heterocycles. The zero-order valence-corrected chi connectivity index (χ0v) is 24.1. The minimum atomic E-state index is -0.654. The number of benzene rings is 3. The molecule has 1 saturated heterocycles. The third-order valence-corrected chi connectivity index (χ3v) is 6.85. The number of carbonyl (C=O) groups excluding carboxylic acids is 2. The first kappa shape index (κ1) is 29.2. The van der Waals surface area contributed by atoms with Crippen LogP contribution in [0, 0.1) is 11.7 Å². The minimum Gasteiger partial charge on any atom is -0.497 e. The van der Waals surface area contributed by atoms with Gasteiger partial charge < -0.3 is 28.2 Å². The number of nitrogens with one attached hydrogen (secondary N) is 2. The molecule has 2 amide bonds. The molecule has 0 aromatic heterocycles. The van der Waals surface area contributed by atoms with Gasteiger partial charge in [0.2, 0.25) is 11.8 Å². The molecule has 4 N–H and O–H groups in total. The van der Waals surface area contributed by atoms with Gasteiger partial charge in [0, 0.05) is 24.6 Å². The quantitative estimate of drug-likeness (QED) is 0.120. The Morgan fingerprint density at radius 2 is 1.80 bits per heavy atom. The maximum absolute atomic E-state index is 13.4. The summed E-state index contributed by atoms with van der Waals surface area (Å²) >= 11 is 1.94. The highest BCUT2D eigenvalue weighted by Gasteiger charge is 2.39. The lowest BCUT2D eigenvalue weighted by atomic mass is 9.96. The lowest BCUT2D eigenvalue weighted by Gasteiger charge is -2.26. The maximum atomic E-state index is 13.4. The Balaban J connectivity index is 1.44. The molecule has 0 aliphatic carbocycles. The van der Waals surface area contributed by atoms with Gasteiger partial charge >= 0.3 is 0 Å². The number of nitrogens with zero attached hydrogens (tertiary/aromatic N) is 2. The normalized spacial score (nSPS) is 16.6. The van der Waals surface area contributed by atoms with Crippen LogP contribution >= 0.6 is 22.9 Å². The second-order valence-corrected chi connectivity index (χ2v) is 10.0. The van der Waals surface area contributed by atoms with E-state index >= 15 is 0 Å². The molecule has 2 atom stereocenters. The molecule has 0 unspecified atom stereocenters. The van der Waals surface area contributed by atoms with Crippen molar-refractivity contribution in [1.82, 2.24) is 13.4 Å². The first-order chi connectivity index (χ1) is 19.3. The lowest BCUT2D eigenvalue weighted by molar-refractivity contribution is -0.137. The van der Waals surface area contributed by atoms with Gasteiger partial charge in [0.05, 0.1) is 30.0 Å². The van der Waals surface area contributed by atoms with Crippen LogP contribution in [0.3, 0.4) is 0 Å². The highest BCUT2D eigenvalue weighted by molar-refractivity contribution is 14.1. The van der Waals surface area contributed by atoms with Crippen LogP contribution in [0.5, 0.6) is 17.2 Å². The van der Waals surface area contributed by atoms with Gasteiger partial charge in [-0.15, -0.1) is 0 Å². The molecule has 1 aliphatic rings. The van der Waals surface area contributed by atoms with E-state index < -0.39 is 6.04 Å². The average Bonchev–Trinajstić information content (AvgIpc) is 3.38. The highest BCUT2D eigenvalue weighted by atomic mass is 127. The van der Waals surface area contributed by atoms with Crippen molar-refractivity contribution in [3.63, 3.8) is 0 Å². The summed E-state index contributed by atoms with van der Waals surface area (Å²) in [6.45, 7) is 0.362. The molecule has 9 nitrogen and oxygen atoms in total. The van der Waals surface area contributed by atoms with Crippen molar-refractivity contribution in [1.29, 1.82) is 0 Å². The summed E-state index contributed by atoms with van der Waals surface area (Å²) in [4.78, 5) is 28.3. The van der Waals surface area contributed by atoms with E-state index in [4.69, 9.17) is 15.3 Å². The number of rotatable bonds is 11. The lowest BCUT2D eigenvalue weighted by Crippen LogP contribution is -2.47. The zero-order chi connectivity index (χ0) is 28.5. The van der Waals surface area contributed by atoms with Gasteiger partial charge in [-0.25, -0.2) is 10.2 Å². The Kier molecular flexibility index (Phi) is 10.2. The van der Waals surface area contributed by atoms with Crippen molar-refractivity contribution in [2.45, 2.75) is 18.9 Å². The average molecular weight is 660 g/mol. The van der Waals surface area contributed by atoms with E-state index in [0.29, 0.717) is 36.6 Å². The molecule has 3 aromatic carbocycles. The van der Waals surface area contributed by atoms with E-state index in [-0.39, 0.29) is 30.1 Å². The third kappa shape index (κ3) is 8.09. The Morgan fingerprint density at radius 1 is 1.10 bits per heavy atom. The second-order valence-electron chi connectivity index (χ2n) is 9.39. The summed E-state index contributed by atoms with van der Waals surface area (Å²) in [6.07, 6.45) is 4.37. The molecular weight excluding hydrogens is 628 g/mol. The van der Waals surface area contributed by atoms with Crippen LogP contribution in [0.4, 0.5) is 10.1 Å². The topological polar surface area (TPSA) is 109 Å². The summed E-state index contributed by atoms with van der Waals surface area (Å²) in [5.41, 5.74) is 1.64. The third-order valence-electron chi connectivity index (χ3n) is 6.49. The molecule has 11 heteroatoms. The number of anilines is 1. The van der Waals surface area contributed by atoms with Crippen LogP contribution < -0.4 is 24.2 Å². The predicted molar refractivity (Wildman–Crippen MR) is 159 cm³/mol. The van der Waals surface area contributed by atoms with E-state index in [2.05, 4.69) is 8.85 Å². The number of hydrogen-bond acceptors (Lipinski definition) is 7. The van der Waals surface area contributed by atoms with Gasteiger partial charge in [-0.1, -0.05) is 12.1 Å². The molecule has 0 bridgehead atoms. The summed E-state index contributed by atoms with van der Waals surface area (Å²) < 4.78 is 27.0. The largest absolute Gasteiger partial charge is 0.497 e. The first-order valence-electron chi connectivity index (χ1n) is 12.7. The van der Waals surface area contributed by atoms with Crippen LogP contribution in [0.25, 0.3) is 0 Å². The van der Waals surface area contributed by atoms with Crippen LogP contribution in [0.2, 0.25) is 0 Å². The fourth-order valence-electron chi connectivity index (χ4n) is 4.62. The van der Waals surface area contributed by atoms with Crippen molar-refractivity contribution in [3.8, 4) is 17.2 Å². The van der Waals surface area contributed by atoms with Crippen molar-refractivity contribution in [3.05, 3.63) is 96.6 Å². The minimum absolute atomic E-state index is 0.0695. The van der Waals surface area contributed by atoms with Crippen molar-refractivity contribution in [2.75, 3.05) is 25.5 Å². The number of ether oxygens (including phenoxy) is 2. The zero-order valence-electron chi connectivity index (χ0n) is 21.9. The summed E-state index contributed by atoms with van der Waals surface area (Å²) in [6, 6.07) is 19.7. The van der Waals surface area contributed by atoms with E-state index in [0.717, 1.165) is 11.3 Å². The van der Waals surface area contributed by atoms with E-state index in [9.17, 15) is 14.0 Å². The van der Waals surface area contributed by atoms with Gasteiger partial charge in [0.1, 0.15) is 35.7 Å². The van der Waals surface area contributed by atoms with Crippen molar-refractivity contribution < 1.29 is 23.5 Å². The summed E-state index contributed by atoms with van der Waals surface area (Å²) in [5, 5.41) is 4.21. The van der Waals surface area contributed by atoms with E-state index in [1.807, 2.05) is 47.1 Å². The Hall–Kier alpha value is -3.84. The van der Waals surface area contributed by atoms with Crippen LogP contribution in [-0.2, 0) is 16.0 Å². The molecule has 0 radical (unpaired) electrons. The van der Waals surface area contributed by atoms with Gasteiger partial charge in [-0.05, 0) is 85.0 Å². The first-order valence-corrected chi connectivity index (χ1v) is 13.7. The SMILES string of the molecule is COc1cccc(C[C@@H]2C[C@@H](C(=O)Nc3ccc(Oc4ccc(F)cc4)cc3)N(C(=O)CN(N)/C=C\NI)C2)c1. The number of likely N-dealkylation sites (tertiary alicyclic amines) is 1. The Labute approximate surface area is 246 Å². The number of hydrogen-bond donors (Lipinski definition) is 3. The van der Waals surface area contributed by atoms with Crippen LogP contribution in [0.1, 0.15) is 12.0 Å². The number of carbonyl (C=O) groups is 2. The summed E-state index contributed by atoms with van der Waals surface area (Å²) in [7, 11) is 1.62.